The Bertz CT molecular complexity index is 482. The quantitative estimate of drug-likeness (QED) is 0.883. The van der Waals surface area contributed by atoms with Crippen molar-refractivity contribution in [3.8, 4) is 0 Å². The smallest absolute Gasteiger partial charge is 0.246 e. The van der Waals surface area contributed by atoms with Gasteiger partial charge >= 0.3 is 0 Å². The standard InChI is InChI=1S/C15H18N2O2/c18-14-10-17(12-7-4-8-12)15(19)13(16-14)9-11-5-2-1-3-6-11/h1-3,5-6,12-13H,4,7-10H2,(H,16,18). The van der Waals surface area contributed by atoms with E-state index in [4.69, 9.17) is 0 Å². The van der Waals surface area contributed by atoms with Crippen LogP contribution >= 0.6 is 0 Å². The normalized spacial score (nSPS) is 24.0. The summed E-state index contributed by atoms with van der Waals surface area (Å²) in [5.41, 5.74) is 1.08. The van der Waals surface area contributed by atoms with Gasteiger partial charge in [0.15, 0.2) is 0 Å². The van der Waals surface area contributed by atoms with Crippen molar-refractivity contribution in [3.05, 3.63) is 35.9 Å². The second kappa shape index (κ2) is 5.03. The molecule has 2 aliphatic rings. The second-order valence-corrected chi connectivity index (χ2v) is 5.36. The third-order valence-electron chi connectivity index (χ3n) is 4.03. The first-order valence-electron chi connectivity index (χ1n) is 6.88. The first kappa shape index (κ1) is 12.2. The highest BCUT2D eigenvalue weighted by molar-refractivity contribution is 5.95. The molecule has 1 unspecified atom stereocenters. The minimum absolute atomic E-state index is 0.0348. The van der Waals surface area contributed by atoms with Gasteiger partial charge in [-0.2, -0.15) is 0 Å². The monoisotopic (exact) mass is 258 g/mol. The molecule has 0 spiro atoms. The predicted molar refractivity (Wildman–Crippen MR) is 71.4 cm³/mol. The molecule has 1 N–H and O–H groups in total. The summed E-state index contributed by atoms with van der Waals surface area (Å²) in [6.07, 6.45) is 3.82. The minimum Gasteiger partial charge on any atom is -0.342 e. The van der Waals surface area contributed by atoms with Crippen molar-refractivity contribution in [2.45, 2.75) is 37.8 Å². The molecule has 4 heteroatoms. The van der Waals surface area contributed by atoms with E-state index < -0.39 is 6.04 Å². The summed E-state index contributed by atoms with van der Waals surface area (Å²) in [6.45, 7) is 0.231. The van der Waals surface area contributed by atoms with Gasteiger partial charge in [0.1, 0.15) is 6.04 Å². The van der Waals surface area contributed by atoms with Crippen molar-refractivity contribution >= 4 is 11.8 Å². The van der Waals surface area contributed by atoms with Crippen molar-refractivity contribution < 1.29 is 9.59 Å². The Labute approximate surface area is 112 Å². The molecule has 1 saturated heterocycles. The van der Waals surface area contributed by atoms with Crippen LogP contribution in [0.25, 0.3) is 0 Å². The highest BCUT2D eigenvalue weighted by atomic mass is 16.2. The Morgan fingerprint density at radius 2 is 1.89 bits per heavy atom. The van der Waals surface area contributed by atoms with Crippen LogP contribution < -0.4 is 5.32 Å². The molecule has 1 saturated carbocycles. The molecule has 19 heavy (non-hydrogen) atoms. The zero-order chi connectivity index (χ0) is 13.2. The zero-order valence-corrected chi connectivity index (χ0v) is 10.8. The van der Waals surface area contributed by atoms with E-state index in [9.17, 15) is 9.59 Å². The fourth-order valence-corrected chi connectivity index (χ4v) is 2.73. The van der Waals surface area contributed by atoms with Gasteiger partial charge in [0, 0.05) is 12.5 Å². The van der Waals surface area contributed by atoms with Gasteiger partial charge in [0.25, 0.3) is 0 Å². The molecule has 1 atom stereocenters. The molecule has 1 aliphatic heterocycles. The lowest BCUT2D eigenvalue weighted by Crippen LogP contribution is -2.62. The van der Waals surface area contributed by atoms with Gasteiger partial charge in [-0.05, 0) is 24.8 Å². The van der Waals surface area contributed by atoms with Gasteiger partial charge in [-0.1, -0.05) is 30.3 Å². The maximum atomic E-state index is 12.4. The second-order valence-electron chi connectivity index (χ2n) is 5.36. The molecule has 1 heterocycles. The van der Waals surface area contributed by atoms with E-state index >= 15 is 0 Å². The number of amides is 2. The number of carbonyl (C=O) groups excluding carboxylic acids is 2. The average molecular weight is 258 g/mol. The molecule has 1 aromatic carbocycles. The van der Waals surface area contributed by atoms with Crippen LogP contribution in [-0.2, 0) is 16.0 Å². The van der Waals surface area contributed by atoms with Crippen molar-refractivity contribution in [2.75, 3.05) is 6.54 Å². The van der Waals surface area contributed by atoms with Gasteiger partial charge < -0.3 is 10.2 Å². The first-order valence-corrected chi connectivity index (χ1v) is 6.88. The topological polar surface area (TPSA) is 49.4 Å². The number of carbonyl (C=O) groups is 2. The molecule has 0 radical (unpaired) electrons. The molecular weight excluding hydrogens is 240 g/mol. The van der Waals surface area contributed by atoms with E-state index in [1.807, 2.05) is 30.3 Å². The molecule has 0 aromatic heterocycles. The number of hydrogen-bond acceptors (Lipinski definition) is 2. The fourth-order valence-electron chi connectivity index (χ4n) is 2.73. The van der Waals surface area contributed by atoms with Gasteiger partial charge in [0.05, 0.1) is 6.54 Å². The van der Waals surface area contributed by atoms with Crippen LogP contribution in [0.3, 0.4) is 0 Å². The van der Waals surface area contributed by atoms with E-state index in [0.29, 0.717) is 6.42 Å². The lowest BCUT2D eigenvalue weighted by atomic mass is 9.89. The van der Waals surface area contributed by atoms with Crippen molar-refractivity contribution in [3.63, 3.8) is 0 Å². The highest BCUT2D eigenvalue weighted by Gasteiger charge is 2.38. The van der Waals surface area contributed by atoms with Gasteiger partial charge in [-0.25, -0.2) is 0 Å². The summed E-state index contributed by atoms with van der Waals surface area (Å²) in [5.74, 6) is 0.0422. The van der Waals surface area contributed by atoms with Gasteiger partial charge in [0.2, 0.25) is 11.8 Å². The molecule has 100 valence electrons. The zero-order valence-electron chi connectivity index (χ0n) is 10.8. The SMILES string of the molecule is O=C1CN(C2CCC2)C(=O)C(Cc2ccccc2)N1. The molecular formula is C15H18N2O2. The number of benzene rings is 1. The summed E-state index contributed by atoms with van der Waals surface area (Å²) in [4.78, 5) is 26.0. The number of rotatable bonds is 3. The third kappa shape index (κ3) is 2.48. The van der Waals surface area contributed by atoms with E-state index in [1.54, 1.807) is 4.90 Å². The van der Waals surface area contributed by atoms with Crippen molar-refractivity contribution in [1.82, 2.24) is 10.2 Å². The maximum absolute atomic E-state index is 12.4. The highest BCUT2D eigenvalue weighted by Crippen LogP contribution is 2.26. The van der Waals surface area contributed by atoms with Crippen molar-refractivity contribution in [2.24, 2.45) is 0 Å². The Morgan fingerprint density at radius 1 is 1.16 bits per heavy atom. The van der Waals surface area contributed by atoms with Crippen LogP contribution in [0.2, 0.25) is 0 Å². The summed E-state index contributed by atoms with van der Waals surface area (Å²) >= 11 is 0. The number of nitrogens with one attached hydrogen (secondary N) is 1. The van der Waals surface area contributed by atoms with E-state index in [1.165, 1.54) is 6.42 Å². The number of nitrogens with zero attached hydrogens (tertiary/aromatic N) is 1. The molecule has 1 aliphatic carbocycles. The molecule has 2 fully saturated rings. The number of hydrogen-bond donors (Lipinski definition) is 1. The Morgan fingerprint density at radius 3 is 2.53 bits per heavy atom. The van der Waals surface area contributed by atoms with Gasteiger partial charge in [-0.3, -0.25) is 9.59 Å². The van der Waals surface area contributed by atoms with Crippen LogP contribution in [0, 0.1) is 0 Å². The largest absolute Gasteiger partial charge is 0.342 e. The Balaban J connectivity index is 1.73. The molecule has 0 bridgehead atoms. The van der Waals surface area contributed by atoms with E-state index in [0.717, 1.165) is 18.4 Å². The fraction of sp³-hybridized carbons (Fsp3) is 0.467. The molecule has 1 aromatic rings. The van der Waals surface area contributed by atoms with E-state index in [2.05, 4.69) is 5.32 Å². The summed E-state index contributed by atoms with van der Waals surface area (Å²) in [6, 6.07) is 9.72. The third-order valence-corrected chi connectivity index (χ3v) is 4.03. The van der Waals surface area contributed by atoms with Gasteiger partial charge in [-0.15, -0.1) is 0 Å². The summed E-state index contributed by atoms with van der Waals surface area (Å²) in [7, 11) is 0. The van der Waals surface area contributed by atoms with Crippen LogP contribution in [0.4, 0.5) is 0 Å². The molecule has 3 rings (SSSR count). The Kier molecular flexibility index (Phi) is 3.23. The van der Waals surface area contributed by atoms with Crippen LogP contribution in [0.15, 0.2) is 30.3 Å². The molecule has 2 amide bonds. The molecule has 4 nitrogen and oxygen atoms in total. The van der Waals surface area contributed by atoms with Crippen LogP contribution in [0.5, 0.6) is 0 Å². The van der Waals surface area contributed by atoms with Crippen LogP contribution in [-0.4, -0.2) is 35.3 Å². The maximum Gasteiger partial charge on any atom is 0.246 e. The lowest BCUT2D eigenvalue weighted by Gasteiger charge is -2.42. The number of piperazine rings is 1. The first-order chi connectivity index (χ1) is 9.24. The lowest BCUT2D eigenvalue weighted by molar-refractivity contribution is -0.148. The van der Waals surface area contributed by atoms with Crippen molar-refractivity contribution in [1.29, 1.82) is 0 Å². The predicted octanol–water partition coefficient (Wildman–Crippen LogP) is 1.11. The average Bonchev–Trinajstić information content (AvgIpc) is 2.34. The summed E-state index contributed by atoms with van der Waals surface area (Å²) in [5, 5.41) is 2.82. The minimum atomic E-state index is -0.399. The summed E-state index contributed by atoms with van der Waals surface area (Å²) < 4.78 is 0. The van der Waals surface area contributed by atoms with Crippen LogP contribution in [0.1, 0.15) is 24.8 Å². The Hall–Kier alpha value is -1.84. The van der Waals surface area contributed by atoms with E-state index in [-0.39, 0.29) is 24.4 Å².